The Bertz CT molecular complexity index is 502. The number of nitrogens with one attached hydrogen (secondary N) is 2. The highest BCUT2D eigenvalue weighted by Crippen LogP contribution is 2.27. The van der Waals surface area contributed by atoms with Gasteiger partial charge in [-0.25, -0.2) is 13.8 Å². The van der Waals surface area contributed by atoms with Gasteiger partial charge in [-0.05, 0) is 0 Å². The molecule has 7 heteroatoms. The van der Waals surface area contributed by atoms with Gasteiger partial charge in [0.2, 0.25) is 0 Å². The van der Waals surface area contributed by atoms with Crippen molar-refractivity contribution in [3.8, 4) is 0 Å². The highest BCUT2D eigenvalue weighted by Gasteiger charge is 2.15. The van der Waals surface area contributed by atoms with Crippen LogP contribution in [0.3, 0.4) is 0 Å². The Hall–Kier alpha value is -1.50. The number of imidazole rings is 1. The molecule has 0 aliphatic carbocycles. The third-order valence-electron chi connectivity index (χ3n) is 1.95. The van der Waals surface area contributed by atoms with Crippen molar-refractivity contribution in [1.82, 2.24) is 14.7 Å². The predicted octanol–water partition coefficient (Wildman–Crippen LogP) is 1.88. The van der Waals surface area contributed by atoms with Gasteiger partial charge in [0, 0.05) is 13.2 Å². The predicted molar refractivity (Wildman–Crippen MR) is 53.9 cm³/mol. The quantitative estimate of drug-likeness (QED) is 0.611. The van der Waals surface area contributed by atoms with E-state index in [2.05, 4.69) is 10.3 Å². The van der Waals surface area contributed by atoms with Crippen molar-refractivity contribution in [2.45, 2.75) is 6.43 Å². The van der Waals surface area contributed by atoms with Crippen LogP contribution in [-0.2, 0) is 0 Å². The SMILES string of the molecule is CNC(=N)c1cnc2sc(C(F)F)cn12. The molecular weight excluding hydrogens is 222 g/mol. The molecule has 0 saturated carbocycles. The number of nitrogens with zero attached hydrogens (tertiary/aromatic N) is 2. The Morgan fingerprint density at radius 2 is 2.40 bits per heavy atom. The molecular formula is C8H8F2N4S. The number of aromatic nitrogens is 2. The molecule has 2 heterocycles. The van der Waals surface area contributed by atoms with E-state index < -0.39 is 6.43 Å². The number of hydrogen-bond acceptors (Lipinski definition) is 3. The summed E-state index contributed by atoms with van der Waals surface area (Å²) in [5, 5.41) is 10.2. The van der Waals surface area contributed by atoms with Crippen LogP contribution < -0.4 is 5.32 Å². The lowest BCUT2D eigenvalue weighted by molar-refractivity contribution is 0.155. The molecule has 0 saturated heterocycles. The summed E-state index contributed by atoms with van der Waals surface area (Å²) in [5.74, 6) is 0.154. The van der Waals surface area contributed by atoms with Crippen molar-refractivity contribution in [2.24, 2.45) is 0 Å². The van der Waals surface area contributed by atoms with Gasteiger partial charge < -0.3 is 5.32 Å². The van der Waals surface area contributed by atoms with E-state index in [4.69, 9.17) is 5.41 Å². The Morgan fingerprint density at radius 1 is 1.67 bits per heavy atom. The number of amidine groups is 1. The van der Waals surface area contributed by atoms with E-state index in [0.29, 0.717) is 10.7 Å². The number of hydrogen-bond donors (Lipinski definition) is 2. The molecule has 2 N–H and O–H groups in total. The van der Waals surface area contributed by atoms with Gasteiger partial charge in [0.05, 0.1) is 11.1 Å². The van der Waals surface area contributed by atoms with Crippen LogP contribution in [-0.4, -0.2) is 22.3 Å². The fraction of sp³-hybridized carbons (Fsp3) is 0.250. The van der Waals surface area contributed by atoms with Crippen LogP contribution in [0.1, 0.15) is 17.0 Å². The second-order valence-corrected chi connectivity index (χ2v) is 3.90. The summed E-state index contributed by atoms with van der Waals surface area (Å²) < 4.78 is 26.3. The molecule has 0 bridgehead atoms. The highest BCUT2D eigenvalue weighted by atomic mass is 32.1. The minimum atomic E-state index is -2.49. The van der Waals surface area contributed by atoms with E-state index in [0.717, 1.165) is 11.3 Å². The van der Waals surface area contributed by atoms with Gasteiger partial charge >= 0.3 is 0 Å². The number of halogens is 2. The Balaban J connectivity index is 2.54. The van der Waals surface area contributed by atoms with E-state index >= 15 is 0 Å². The molecule has 0 atom stereocenters. The Morgan fingerprint density at radius 3 is 3.00 bits per heavy atom. The zero-order chi connectivity index (χ0) is 11.0. The number of thiazole rings is 1. The van der Waals surface area contributed by atoms with Crippen molar-refractivity contribution in [1.29, 1.82) is 5.41 Å². The van der Waals surface area contributed by atoms with E-state index in [1.54, 1.807) is 7.05 Å². The van der Waals surface area contributed by atoms with Crippen LogP contribution in [0.4, 0.5) is 8.78 Å². The lowest BCUT2D eigenvalue weighted by Crippen LogP contribution is -2.19. The summed E-state index contributed by atoms with van der Waals surface area (Å²) in [7, 11) is 1.60. The molecule has 0 aromatic carbocycles. The zero-order valence-corrected chi connectivity index (χ0v) is 8.61. The maximum Gasteiger partial charge on any atom is 0.274 e. The maximum absolute atomic E-state index is 12.4. The molecule has 0 aliphatic heterocycles. The molecule has 0 radical (unpaired) electrons. The zero-order valence-electron chi connectivity index (χ0n) is 7.79. The summed E-state index contributed by atoms with van der Waals surface area (Å²) in [4.78, 5) is 4.39. The van der Waals surface area contributed by atoms with Crippen LogP contribution in [0, 0.1) is 5.41 Å². The van der Waals surface area contributed by atoms with Crippen LogP contribution in [0.25, 0.3) is 4.96 Å². The maximum atomic E-state index is 12.4. The van der Waals surface area contributed by atoms with Crippen molar-refractivity contribution < 1.29 is 8.78 Å². The van der Waals surface area contributed by atoms with Crippen LogP contribution in [0.5, 0.6) is 0 Å². The lowest BCUT2D eigenvalue weighted by Gasteiger charge is -1.99. The molecule has 4 nitrogen and oxygen atoms in total. The number of rotatable bonds is 2. The van der Waals surface area contributed by atoms with Crippen LogP contribution in [0.15, 0.2) is 12.4 Å². The fourth-order valence-electron chi connectivity index (χ4n) is 1.22. The number of alkyl halides is 2. The molecule has 0 fully saturated rings. The lowest BCUT2D eigenvalue weighted by atomic mass is 10.4. The van der Waals surface area contributed by atoms with Gasteiger partial charge in [0.25, 0.3) is 6.43 Å². The third kappa shape index (κ3) is 1.58. The molecule has 15 heavy (non-hydrogen) atoms. The Labute approximate surface area is 88.1 Å². The molecule has 80 valence electrons. The molecule has 2 aromatic rings. The first-order valence-electron chi connectivity index (χ1n) is 4.15. The van der Waals surface area contributed by atoms with Gasteiger partial charge in [0.1, 0.15) is 11.5 Å². The summed E-state index contributed by atoms with van der Waals surface area (Å²) in [5.41, 5.74) is 0.482. The molecule has 2 aromatic heterocycles. The van der Waals surface area contributed by atoms with Gasteiger partial charge in [-0.1, -0.05) is 11.3 Å². The largest absolute Gasteiger partial charge is 0.372 e. The first-order valence-corrected chi connectivity index (χ1v) is 4.96. The summed E-state index contributed by atoms with van der Waals surface area (Å²) in [6.45, 7) is 0. The van der Waals surface area contributed by atoms with Crippen LogP contribution >= 0.6 is 11.3 Å². The summed E-state index contributed by atoms with van der Waals surface area (Å²) >= 11 is 0.932. The minimum absolute atomic E-state index is 0.0387. The molecule has 0 unspecified atom stereocenters. The van der Waals surface area contributed by atoms with E-state index in [1.165, 1.54) is 16.8 Å². The second kappa shape index (κ2) is 3.58. The average molecular weight is 230 g/mol. The fourth-order valence-corrected chi connectivity index (χ4v) is 2.03. The first kappa shape index (κ1) is 10.0. The van der Waals surface area contributed by atoms with Gasteiger partial charge in [-0.2, -0.15) is 0 Å². The standard InChI is InChI=1S/C8H8F2N4S/c1-12-7(11)4-2-13-8-14(4)3-5(15-8)6(9)10/h2-3,6H,1H3,(H2,11,12). The molecule has 0 aliphatic rings. The van der Waals surface area contributed by atoms with Crippen molar-refractivity contribution in [2.75, 3.05) is 7.05 Å². The average Bonchev–Trinajstić information content (AvgIpc) is 2.74. The van der Waals surface area contributed by atoms with E-state index in [1.807, 2.05) is 0 Å². The highest BCUT2D eigenvalue weighted by molar-refractivity contribution is 7.17. The topological polar surface area (TPSA) is 53.2 Å². The van der Waals surface area contributed by atoms with Gasteiger partial charge in [-0.3, -0.25) is 9.81 Å². The first-order chi connectivity index (χ1) is 7.13. The van der Waals surface area contributed by atoms with Crippen molar-refractivity contribution in [3.05, 3.63) is 23.0 Å². The minimum Gasteiger partial charge on any atom is -0.372 e. The second-order valence-electron chi connectivity index (χ2n) is 2.86. The summed E-state index contributed by atoms with van der Waals surface area (Å²) in [6.07, 6.45) is 0.312. The van der Waals surface area contributed by atoms with Crippen molar-refractivity contribution >= 4 is 22.1 Å². The third-order valence-corrected chi connectivity index (χ3v) is 2.95. The molecule has 2 rings (SSSR count). The van der Waals surface area contributed by atoms with Crippen LogP contribution in [0.2, 0.25) is 0 Å². The number of fused-ring (bicyclic) bond motifs is 1. The normalized spacial score (nSPS) is 11.2. The van der Waals surface area contributed by atoms with E-state index in [-0.39, 0.29) is 10.7 Å². The molecule has 0 amide bonds. The van der Waals surface area contributed by atoms with Crippen molar-refractivity contribution in [3.63, 3.8) is 0 Å². The Kier molecular flexibility index (Phi) is 2.39. The summed E-state index contributed by atoms with van der Waals surface area (Å²) in [6, 6.07) is 0. The van der Waals surface area contributed by atoms with Gasteiger partial charge in [-0.15, -0.1) is 0 Å². The van der Waals surface area contributed by atoms with Gasteiger partial charge in [0.15, 0.2) is 4.96 Å². The monoisotopic (exact) mass is 230 g/mol. The molecule has 0 spiro atoms. The smallest absolute Gasteiger partial charge is 0.274 e. The van der Waals surface area contributed by atoms with E-state index in [9.17, 15) is 8.78 Å².